The molecule has 0 amide bonds. The smallest absolute Gasteiger partial charge is 0.422 e. The number of nitrogens with one attached hydrogen (secondary N) is 2. The Kier molecular flexibility index (Phi) is 6.13. The molecule has 0 aliphatic heterocycles. The highest BCUT2D eigenvalue weighted by atomic mass is 35.5. The summed E-state index contributed by atoms with van der Waals surface area (Å²) < 4.78 is 58.4. The van der Waals surface area contributed by atoms with Crippen molar-refractivity contribution < 1.29 is 27.1 Å². The van der Waals surface area contributed by atoms with E-state index in [-0.39, 0.29) is 18.1 Å². The van der Waals surface area contributed by atoms with E-state index in [0.29, 0.717) is 27.1 Å². The maximum absolute atomic E-state index is 13.3. The van der Waals surface area contributed by atoms with Gasteiger partial charge < -0.3 is 19.8 Å². The number of anilines is 1. The van der Waals surface area contributed by atoms with Crippen molar-refractivity contribution in [1.82, 2.24) is 9.97 Å². The molecule has 4 rings (SSSR count). The van der Waals surface area contributed by atoms with Gasteiger partial charge in [0.1, 0.15) is 11.4 Å². The van der Waals surface area contributed by atoms with Crippen LogP contribution in [0.1, 0.15) is 24.6 Å². The predicted molar refractivity (Wildman–Crippen MR) is 119 cm³/mol. The molecule has 2 heterocycles. The molecule has 4 aromatic rings. The molecule has 6 nitrogen and oxygen atoms in total. The topological polar surface area (TPSA) is 91.2 Å². The van der Waals surface area contributed by atoms with E-state index >= 15 is 0 Å². The lowest BCUT2D eigenvalue weighted by Gasteiger charge is -2.27. The molecule has 34 heavy (non-hydrogen) atoms. The number of aromatic nitrogens is 2. The van der Waals surface area contributed by atoms with E-state index in [0.717, 1.165) is 6.20 Å². The maximum Gasteiger partial charge on any atom is 0.422 e. The van der Waals surface area contributed by atoms with Gasteiger partial charge in [-0.25, -0.2) is 14.2 Å². The van der Waals surface area contributed by atoms with Crippen molar-refractivity contribution in [2.24, 2.45) is 0 Å². The zero-order valence-electron chi connectivity index (χ0n) is 17.6. The molecule has 0 saturated heterocycles. The average Bonchev–Trinajstić information content (AvgIpc) is 3.26. The third-order valence-electron chi connectivity index (χ3n) is 5.52. The van der Waals surface area contributed by atoms with Crippen molar-refractivity contribution in [1.29, 1.82) is 0 Å². The van der Waals surface area contributed by atoms with E-state index in [4.69, 9.17) is 16.0 Å². The molecule has 178 valence electrons. The minimum absolute atomic E-state index is 0.0104. The summed E-state index contributed by atoms with van der Waals surface area (Å²) in [6, 6.07) is 9.99. The van der Waals surface area contributed by atoms with Crippen molar-refractivity contribution in [3.05, 3.63) is 81.2 Å². The maximum atomic E-state index is 13.3. The number of aromatic amines is 1. The van der Waals surface area contributed by atoms with Gasteiger partial charge in [-0.15, -0.1) is 0 Å². The van der Waals surface area contributed by atoms with Gasteiger partial charge in [-0.05, 0) is 47.4 Å². The second-order valence-corrected chi connectivity index (χ2v) is 8.04. The molecule has 0 fully saturated rings. The predicted octanol–water partition coefficient (Wildman–Crippen LogP) is 5.75. The van der Waals surface area contributed by atoms with E-state index in [1.165, 1.54) is 43.3 Å². The van der Waals surface area contributed by atoms with Crippen LogP contribution in [-0.4, -0.2) is 21.3 Å². The first-order chi connectivity index (χ1) is 16.0. The van der Waals surface area contributed by atoms with Gasteiger partial charge >= 0.3 is 11.8 Å². The molecule has 2 aromatic heterocycles. The lowest BCUT2D eigenvalue weighted by molar-refractivity contribution is -0.269. The summed E-state index contributed by atoms with van der Waals surface area (Å²) in [6.07, 6.45) is -4.56. The highest BCUT2D eigenvalue weighted by Gasteiger charge is 2.54. The van der Waals surface area contributed by atoms with Crippen LogP contribution in [0.3, 0.4) is 0 Å². The number of rotatable bonds is 6. The Morgan fingerprint density at radius 3 is 2.53 bits per heavy atom. The average molecular weight is 496 g/mol. The molecule has 0 bridgehead atoms. The quantitative estimate of drug-likeness (QED) is 0.234. The van der Waals surface area contributed by atoms with Gasteiger partial charge in [0.2, 0.25) is 11.5 Å². The van der Waals surface area contributed by atoms with Gasteiger partial charge in [-0.2, -0.15) is 13.2 Å². The molecule has 0 radical (unpaired) electrons. The number of imidazole rings is 1. The Bertz CT molecular complexity index is 1400. The van der Waals surface area contributed by atoms with Crippen LogP contribution in [-0.2, 0) is 12.1 Å². The van der Waals surface area contributed by atoms with Crippen LogP contribution >= 0.6 is 11.6 Å². The first-order valence-corrected chi connectivity index (χ1v) is 10.5. The van der Waals surface area contributed by atoms with Crippen molar-refractivity contribution >= 4 is 28.5 Å². The molecule has 11 heteroatoms. The lowest BCUT2D eigenvalue weighted by atomic mass is 9.96. The van der Waals surface area contributed by atoms with Gasteiger partial charge in [-0.3, -0.25) is 0 Å². The molecule has 0 spiro atoms. The number of nitrogens with zero attached hydrogens (tertiary/aromatic N) is 1. The Hall–Kier alpha value is -3.37. The van der Waals surface area contributed by atoms with E-state index in [1.54, 1.807) is 6.07 Å². The molecule has 0 saturated carbocycles. The fourth-order valence-electron chi connectivity index (χ4n) is 3.57. The second kappa shape index (κ2) is 8.77. The van der Waals surface area contributed by atoms with E-state index in [9.17, 15) is 27.5 Å². The fraction of sp³-hybridized carbons (Fsp3) is 0.217. The Morgan fingerprint density at radius 1 is 1.18 bits per heavy atom. The summed E-state index contributed by atoms with van der Waals surface area (Å²) in [5.74, 6) is -0.431. The summed E-state index contributed by atoms with van der Waals surface area (Å²) in [6.45, 7) is 1.24. The lowest BCUT2D eigenvalue weighted by Crippen LogP contribution is -2.42. The minimum atomic E-state index is -4.88. The first kappa shape index (κ1) is 23.8. The first-order valence-electron chi connectivity index (χ1n) is 10.1. The number of H-pyrrole nitrogens is 1. The highest BCUT2D eigenvalue weighted by molar-refractivity contribution is 6.32. The van der Waals surface area contributed by atoms with Crippen molar-refractivity contribution in [2.75, 3.05) is 5.32 Å². The monoisotopic (exact) mass is 495 g/mol. The zero-order valence-corrected chi connectivity index (χ0v) is 18.4. The number of aliphatic hydroxyl groups is 1. The normalized spacial score (nSPS) is 13.7. The van der Waals surface area contributed by atoms with Gasteiger partial charge in [0.05, 0.1) is 11.9 Å². The van der Waals surface area contributed by atoms with Crippen LogP contribution in [0.25, 0.3) is 22.1 Å². The van der Waals surface area contributed by atoms with Crippen LogP contribution in [0.4, 0.5) is 23.5 Å². The third kappa shape index (κ3) is 4.38. The molecule has 0 aliphatic carbocycles. The number of hydrogen-bond donors (Lipinski definition) is 3. The number of halogens is 5. The zero-order chi connectivity index (χ0) is 24.7. The number of fused-ring (bicyclic) bond motifs is 1. The SMILES string of the molecule is CCC(O)(c1cnc(NCc2cc3oc(=O)cc(-c4ccc(F)cc4)c3cc2Cl)[nH]1)C(F)(F)F. The van der Waals surface area contributed by atoms with Crippen molar-refractivity contribution in [3.63, 3.8) is 0 Å². The largest absolute Gasteiger partial charge is 0.423 e. The molecule has 1 unspecified atom stereocenters. The van der Waals surface area contributed by atoms with Gasteiger partial charge in [-0.1, -0.05) is 30.7 Å². The molecule has 3 N–H and O–H groups in total. The van der Waals surface area contributed by atoms with Crippen LogP contribution in [0, 0.1) is 5.82 Å². The number of benzene rings is 2. The molecular weight excluding hydrogens is 478 g/mol. The van der Waals surface area contributed by atoms with Crippen LogP contribution in [0.15, 0.2) is 57.9 Å². The van der Waals surface area contributed by atoms with Crippen molar-refractivity contribution in [3.8, 4) is 11.1 Å². The Morgan fingerprint density at radius 2 is 1.88 bits per heavy atom. The van der Waals surface area contributed by atoms with Gasteiger partial charge in [0, 0.05) is 23.0 Å². The number of hydrogen-bond acceptors (Lipinski definition) is 5. The third-order valence-corrected chi connectivity index (χ3v) is 5.87. The summed E-state index contributed by atoms with van der Waals surface area (Å²) >= 11 is 6.41. The Balaban J connectivity index is 1.63. The standard InChI is InChI=1S/C23H18ClF4N3O3/c1-2-22(33,23(26,27)28)19-11-30-21(31-19)29-10-13-7-18-16(8-17(13)24)15(9-20(32)34-18)12-3-5-14(25)6-4-12/h3-9,11,33H,2,10H2,1H3,(H2,29,30,31). The minimum Gasteiger partial charge on any atom is -0.423 e. The summed E-state index contributed by atoms with van der Waals surface area (Å²) in [5.41, 5.74) is -2.36. The second-order valence-electron chi connectivity index (χ2n) is 7.64. The van der Waals surface area contributed by atoms with Gasteiger partial charge in [0.25, 0.3) is 0 Å². The van der Waals surface area contributed by atoms with E-state index in [1.807, 2.05) is 0 Å². The van der Waals surface area contributed by atoms with Crippen LogP contribution < -0.4 is 10.9 Å². The van der Waals surface area contributed by atoms with Crippen LogP contribution in [0.5, 0.6) is 0 Å². The number of alkyl halides is 3. The van der Waals surface area contributed by atoms with E-state index < -0.39 is 35.3 Å². The van der Waals surface area contributed by atoms with Crippen LogP contribution in [0.2, 0.25) is 5.02 Å². The summed E-state index contributed by atoms with van der Waals surface area (Å²) in [5, 5.41) is 13.7. The molecule has 1 atom stereocenters. The summed E-state index contributed by atoms with van der Waals surface area (Å²) in [4.78, 5) is 18.4. The fourth-order valence-corrected chi connectivity index (χ4v) is 3.80. The van der Waals surface area contributed by atoms with E-state index in [2.05, 4.69) is 15.3 Å². The van der Waals surface area contributed by atoms with Crippen molar-refractivity contribution in [2.45, 2.75) is 31.7 Å². The molecular formula is C23H18ClF4N3O3. The molecule has 0 aliphatic rings. The highest BCUT2D eigenvalue weighted by Crippen LogP contribution is 2.41. The Labute approximate surface area is 195 Å². The summed E-state index contributed by atoms with van der Waals surface area (Å²) in [7, 11) is 0. The van der Waals surface area contributed by atoms with Gasteiger partial charge in [0.15, 0.2) is 0 Å². The molecule has 2 aromatic carbocycles.